The highest BCUT2D eigenvalue weighted by molar-refractivity contribution is 5.80. The number of aromatic nitrogens is 3. The van der Waals surface area contributed by atoms with Crippen LogP contribution in [0.15, 0.2) is 6.20 Å². The SMILES string of the molecule is COC[C@H](O)Cc1cn(C(C)C(=O)N(C)C2CCCCC2)nn1. The fourth-order valence-corrected chi connectivity index (χ4v) is 3.15. The highest BCUT2D eigenvalue weighted by Gasteiger charge is 2.27. The van der Waals surface area contributed by atoms with Crippen LogP contribution in [0.5, 0.6) is 0 Å². The summed E-state index contributed by atoms with van der Waals surface area (Å²) in [4.78, 5) is 14.5. The molecule has 1 aromatic rings. The summed E-state index contributed by atoms with van der Waals surface area (Å²) in [6.45, 7) is 2.09. The van der Waals surface area contributed by atoms with Crippen LogP contribution in [0.3, 0.4) is 0 Å². The molecule has 1 N–H and O–H groups in total. The van der Waals surface area contributed by atoms with Gasteiger partial charge in [-0.15, -0.1) is 5.10 Å². The molecule has 1 heterocycles. The molecule has 0 aliphatic heterocycles. The molecule has 1 aromatic heterocycles. The minimum absolute atomic E-state index is 0.0609. The number of likely N-dealkylation sites (N-methyl/N-ethyl adjacent to an activating group) is 1. The van der Waals surface area contributed by atoms with Crippen molar-refractivity contribution in [2.75, 3.05) is 20.8 Å². The molecule has 23 heavy (non-hydrogen) atoms. The fourth-order valence-electron chi connectivity index (χ4n) is 3.15. The topological polar surface area (TPSA) is 80.5 Å². The van der Waals surface area contributed by atoms with Gasteiger partial charge in [-0.05, 0) is 19.8 Å². The Hall–Kier alpha value is -1.47. The van der Waals surface area contributed by atoms with E-state index in [1.54, 1.807) is 18.0 Å². The first-order valence-corrected chi connectivity index (χ1v) is 8.37. The molecular weight excluding hydrogens is 296 g/mol. The molecule has 7 nitrogen and oxygen atoms in total. The lowest BCUT2D eigenvalue weighted by molar-refractivity contribution is -0.136. The number of aliphatic hydroxyl groups excluding tert-OH is 1. The van der Waals surface area contributed by atoms with Gasteiger partial charge in [-0.3, -0.25) is 4.79 Å². The van der Waals surface area contributed by atoms with Gasteiger partial charge in [0.1, 0.15) is 6.04 Å². The van der Waals surface area contributed by atoms with Gasteiger partial charge in [0.05, 0.1) is 18.4 Å². The first-order valence-electron chi connectivity index (χ1n) is 8.37. The third-order valence-electron chi connectivity index (χ3n) is 4.59. The molecule has 0 saturated heterocycles. The number of hydrogen-bond acceptors (Lipinski definition) is 5. The monoisotopic (exact) mass is 324 g/mol. The van der Waals surface area contributed by atoms with E-state index in [0.29, 0.717) is 18.2 Å². The van der Waals surface area contributed by atoms with Crippen LogP contribution in [-0.2, 0) is 16.0 Å². The van der Waals surface area contributed by atoms with Crippen molar-refractivity contribution in [1.29, 1.82) is 0 Å². The number of methoxy groups -OCH3 is 1. The first-order chi connectivity index (χ1) is 11.0. The van der Waals surface area contributed by atoms with E-state index in [9.17, 15) is 9.90 Å². The van der Waals surface area contributed by atoms with Crippen LogP contribution in [0.4, 0.5) is 0 Å². The van der Waals surface area contributed by atoms with Gasteiger partial charge >= 0.3 is 0 Å². The van der Waals surface area contributed by atoms with Crippen LogP contribution in [0, 0.1) is 0 Å². The van der Waals surface area contributed by atoms with E-state index in [-0.39, 0.29) is 18.6 Å². The maximum absolute atomic E-state index is 12.6. The molecule has 1 fully saturated rings. The number of ether oxygens (including phenoxy) is 1. The molecule has 0 radical (unpaired) electrons. The minimum Gasteiger partial charge on any atom is -0.390 e. The Morgan fingerprint density at radius 1 is 1.48 bits per heavy atom. The van der Waals surface area contributed by atoms with Gasteiger partial charge in [-0.1, -0.05) is 24.5 Å². The standard InChI is InChI=1S/C16H28N4O3/c1-12(16(22)19(2)14-7-5-4-6-8-14)20-10-13(17-18-20)9-15(21)11-23-3/h10,12,14-15,21H,4-9,11H2,1-3H3/t12?,15-/m1/s1. The maximum atomic E-state index is 12.6. The molecule has 1 unspecified atom stereocenters. The van der Waals surface area contributed by atoms with E-state index in [0.717, 1.165) is 12.8 Å². The molecule has 1 aliphatic rings. The zero-order valence-corrected chi connectivity index (χ0v) is 14.3. The lowest BCUT2D eigenvalue weighted by atomic mass is 9.94. The molecular formula is C16H28N4O3. The van der Waals surface area contributed by atoms with Gasteiger partial charge in [0.15, 0.2) is 0 Å². The molecule has 1 amide bonds. The van der Waals surface area contributed by atoms with Gasteiger partial charge < -0.3 is 14.7 Å². The molecule has 0 aromatic carbocycles. The number of aliphatic hydroxyl groups is 1. The summed E-state index contributed by atoms with van der Waals surface area (Å²) in [6, 6.07) is -0.0482. The normalized spacial score (nSPS) is 18.6. The highest BCUT2D eigenvalue weighted by Crippen LogP contribution is 2.23. The van der Waals surface area contributed by atoms with Crippen LogP contribution in [0.2, 0.25) is 0 Å². The summed E-state index contributed by atoms with van der Waals surface area (Å²) in [6.07, 6.45) is 7.32. The van der Waals surface area contributed by atoms with Crippen molar-refractivity contribution >= 4 is 5.91 Å². The van der Waals surface area contributed by atoms with E-state index in [2.05, 4.69) is 10.3 Å². The van der Waals surface area contributed by atoms with Gasteiger partial charge in [-0.2, -0.15) is 0 Å². The van der Waals surface area contributed by atoms with Crippen LogP contribution in [0.25, 0.3) is 0 Å². The van der Waals surface area contributed by atoms with Crippen molar-refractivity contribution in [1.82, 2.24) is 19.9 Å². The van der Waals surface area contributed by atoms with Crippen LogP contribution in [0.1, 0.15) is 50.8 Å². The fraction of sp³-hybridized carbons (Fsp3) is 0.812. The van der Waals surface area contributed by atoms with Crippen LogP contribution < -0.4 is 0 Å². The lowest BCUT2D eigenvalue weighted by Crippen LogP contribution is -2.41. The lowest BCUT2D eigenvalue weighted by Gasteiger charge is -2.32. The second-order valence-electron chi connectivity index (χ2n) is 6.42. The summed E-state index contributed by atoms with van der Waals surface area (Å²) in [5.74, 6) is 0.0609. The molecule has 7 heteroatoms. The predicted octanol–water partition coefficient (Wildman–Crippen LogP) is 1.18. The molecule has 0 spiro atoms. The van der Waals surface area contributed by atoms with Gasteiger partial charge in [0, 0.05) is 32.8 Å². The van der Waals surface area contributed by atoms with Crippen molar-refractivity contribution in [3.05, 3.63) is 11.9 Å². The smallest absolute Gasteiger partial charge is 0.247 e. The van der Waals surface area contributed by atoms with Crippen LogP contribution >= 0.6 is 0 Å². The van der Waals surface area contributed by atoms with E-state index in [1.807, 2.05) is 18.9 Å². The third kappa shape index (κ3) is 4.75. The van der Waals surface area contributed by atoms with E-state index >= 15 is 0 Å². The van der Waals surface area contributed by atoms with Crippen LogP contribution in [-0.4, -0.2) is 63.8 Å². The largest absolute Gasteiger partial charge is 0.390 e. The van der Waals surface area contributed by atoms with Crippen molar-refractivity contribution < 1.29 is 14.6 Å². The quantitative estimate of drug-likeness (QED) is 0.814. The number of rotatable bonds is 7. The van der Waals surface area contributed by atoms with Crippen molar-refractivity contribution in [3.63, 3.8) is 0 Å². The third-order valence-corrected chi connectivity index (χ3v) is 4.59. The Morgan fingerprint density at radius 2 is 2.17 bits per heavy atom. The second-order valence-corrected chi connectivity index (χ2v) is 6.42. The van der Waals surface area contributed by atoms with Crippen molar-refractivity contribution in [2.45, 2.75) is 63.6 Å². The summed E-state index contributed by atoms with van der Waals surface area (Å²) < 4.78 is 6.48. The van der Waals surface area contributed by atoms with E-state index in [1.165, 1.54) is 19.3 Å². The van der Waals surface area contributed by atoms with E-state index < -0.39 is 6.10 Å². The molecule has 2 rings (SSSR count). The Labute approximate surface area is 137 Å². The molecule has 1 saturated carbocycles. The predicted molar refractivity (Wildman–Crippen MR) is 86.0 cm³/mol. The minimum atomic E-state index is -0.610. The highest BCUT2D eigenvalue weighted by atomic mass is 16.5. The summed E-state index contributed by atoms with van der Waals surface area (Å²) in [5.41, 5.74) is 0.662. The summed E-state index contributed by atoms with van der Waals surface area (Å²) in [5, 5.41) is 17.8. The molecule has 2 atom stereocenters. The average Bonchev–Trinajstić information content (AvgIpc) is 3.02. The Morgan fingerprint density at radius 3 is 2.83 bits per heavy atom. The van der Waals surface area contributed by atoms with Gasteiger partial charge in [-0.25, -0.2) is 4.68 Å². The summed E-state index contributed by atoms with van der Waals surface area (Å²) >= 11 is 0. The maximum Gasteiger partial charge on any atom is 0.247 e. The zero-order valence-electron chi connectivity index (χ0n) is 14.3. The number of hydrogen-bond donors (Lipinski definition) is 1. The summed E-state index contributed by atoms with van der Waals surface area (Å²) in [7, 11) is 3.43. The first kappa shape index (κ1) is 17.9. The number of carbonyl (C=O) groups excluding carboxylic acids is 1. The Bertz CT molecular complexity index is 499. The zero-order chi connectivity index (χ0) is 16.8. The molecule has 0 bridgehead atoms. The Kier molecular flexibility index (Phi) is 6.53. The number of amides is 1. The van der Waals surface area contributed by atoms with Gasteiger partial charge in [0.2, 0.25) is 5.91 Å². The Balaban J connectivity index is 1.95. The number of nitrogens with zero attached hydrogens (tertiary/aromatic N) is 4. The average molecular weight is 324 g/mol. The van der Waals surface area contributed by atoms with Gasteiger partial charge in [0.25, 0.3) is 0 Å². The molecule has 130 valence electrons. The second kappa shape index (κ2) is 8.40. The number of carbonyl (C=O) groups is 1. The molecule has 1 aliphatic carbocycles. The van der Waals surface area contributed by atoms with Crippen molar-refractivity contribution in [3.8, 4) is 0 Å². The van der Waals surface area contributed by atoms with E-state index in [4.69, 9.17) is 4.74 Å². The van der Waals surface area contributed by atoms with Crippen molar-refractivity contribution in [2.24, 2.45) is 0 Å².